The van der Waals surface area contributed by atoms with E-state index in [0.717, 1.165) is 32.1 Å². The first-order chi connectivity index (χ1) is 15.2. The van der Waals surface area contributed by atoms with Gasteiger partial charge in [-0.05, 0) is 73.3 Å². The molecule has 0 unspecified atom stereocenters. The summed E-state index contributed by atoms with van der Waals surface area (Å²) in [4.78, 5) is 31.4. The van der Waals surface area contributed by atoms with Crippen LogP contribution in [0.2, 0.25) is 0 Å². The van der Waals surface area contributed by atoms with Crippen LogP contribution in [-0.2, 0) is 14.3 Å². The fourth-order valence-electron chi connectivity index (χ4n) is 6.22. The fourth-order valence-corrected chi connectivity index (χ4v) is 7.18. The molecule has 5 heteroatoms. The van der Waals surface area contributed by atoms with Gasteiger partial charge in [-0.15, -0.1) is 0 Å². The van der Waals surface area contributed by atoms with Crippen LogP contribution in [0, 0.1) is 22.7 Å². The van der Waals surface area contributed by atoms with Gasteiger partial charge in [-0.25, -0.2) is 4.98 Å². The van der Waals surface area contributed by atoms with Gasteiger partial charge in [-0.1, -0.05) is 50.8 Å². The zero-order valence-electron chi connectivity index (χ0n) is 19.6. The third-order valence-electron chi connectivity index (χ3n) is 8.45. The van der Waals surface area contributed by atoms with E-state index in [1.165, 1.54) is 30.5 Å². The molecule has 2 fully saturated rings. The highest BCUT2D eigenvalue weighted by Crippen LogP contribution is 2.63. The lowest BCUT2D eigenvalue weighted by Gasteiger charge is -2.59. The first-order valence-corrected chi connectivity index (χ1v) is 12.4. The van der Waals surface area contributed by atoms with Crippen LogP contribution in [0.3, 0.4) is 0 Å². The molecular formula is C27H33NO3S. The van der Waals surface area contributed by atoms with Crippen LogP contribution in [0.25, 0.3) is 0 Å². The number of methoxy groups -OCH3 is 1. The maximum absolute atomic E-state index is 13.3. The molecule has 4 rings (SSSR count). The predicted molar refractivity (Wildman–Crippen MR) is 128 cm³/mol. The number of rotatable bonds is 5. The summed E-state index contributed by atoms with van der Waals surface area (Å²) in [5, 5.41) is 0.705. The molecule has 0 radical (unpaired) electrons. The minimum absolute atomic E-state index is 0.0873. The summed E-state index contributed by atoms with van der Waals surface area (Å²) in [6.07, 6.45) is 9.32. The molecular weight excluding hydrogens is 418 g/mol. The Kier molecular flexibility index (Phi) is 6.23. The zero-order chi connectivity index (χ0) is 23.1. The third kappa shape index (κ3) is 3.79. The van der Waals surface area contributed by atoms with Crippen molar-refractivity contribution in [1.82, 2.24) is 4.98 Å². The highest BCUT2D eigenvalue weighted by molar-refractivity contribution is 8.04. The standard InChI is InChI=1S/C27H33NO3S/c1-17-9-8-10-22-26(17,3)13-12-18(2)27(22,4)16-19-20(29)15-21(31-5)24(30)25(19)32-23-11-6-7-14-28-23/h6-7,11,14-15,18,22H,1,8-10,12-13,16H2,2-5H3/t18-,22+,26+,27+/m0/s1. The number of carbonyl (C=O) groups is 2. The zero-order valence-corrected chi connectivity index (χ0v) is 20.4. The Morgan fingerprint density at radius 1 is 1.25 bits per heavy atom. The number of fused-ring (bicyclic) bond motifs is 1. The van der Waals surface area contributed by atoms with E-state index in [1.807, 2.05) is 18.2 Å². The van der Waals surface area contributed by atoms with Crippen molar-refractivity contribution in [2.24, 2.45) is 22.7 Å². The summed E-state index contributed by atoms with van der Waals surface area (Å²) in [7, 11) is 1.44. The number of hydrogen-bond donors (Lipinski definition) is 0. The lowest BCUT2D eigenvalue weighted by atomic mass is 9.46. The van der Waals surface area contributed by atoms with E-state index < -0.39 is 0 Å². The quantitative estimate of drug-likeness (QED) is 0.388. The average Bonchev–Trinajstić information content (AvgIpc) is 2.78. The van der Waals surface area contributed by atoms with E-state index in [-0.39, 0.29) is 28.2 Å². The topological polar surface area (TPSA) is 56.3 Å². The first kappa shape index (κ1) is 23.0. The SMILES string of the molecule is C=C1CCC[C@H]2[C@](C)(CC3=C(Sc4ccccn4)C(=O)C(OC)=CC3=O)[C@@H](C)CC[C@]12C. The summed E-state index contributed by atoms with van der Waals surface area (Å²) < 4.78 is 5.25. The number of nitrogens with zero attached hydrogens (tertiary/aromatic N) is 1. The predicted octanol–water partition coefficient (Wildman–Crippen LogP) is 6.30. The van der Waals surface area contributed by atoms with Crippen LogP contribution < -0.4 is 0 Å². The van der Waals surface area contributed by atoms with E-state index in [9.17, 15) is 9.59 Å². The van der Waals surface area contributed by atoms with Crippen molar-refractivity contribution in [3.05, 3.63) is 58.9 Å². The molecule has 170 valence electrons. The molecule has 1 aromatic rings. The highest BCUT2D eigenvalue weighted by Gasteiger charge is 2.54. The van der Waals surface area contributed by atoms with Crippen molar-refractivity contribution in [3.8, 4) is 0 Å². The van der Waals surface area contributed by atoms with Crippen molar-refractivity contribution >= 4 is 23.3 Å². The van der Waals surface area contributed by atoms with Gasteiger partial charge in [0.05, 0.1) is 12.0 Å². The van der Waals surface area contributed by atoms with Crippen molar-refractivity contribution in [1.29, 1.82) is 0 Å². The van der Waals surface area contributed by atoms with Gasteiger partial charge in [-0.2, -0.15) is 0 Å². The number of Topliss-reactive ketones (excluding diaryl/α,β-unsaturated/α-hetero) is 1. The van der Waals surface area contributed by atoms with Crippen LogP contribution in [-0.4, -0.2) is 23.7 Å². The molecule has 0 aromatic carbocycles. The molecule has 4 nitrogen and oxygen atoms in total. The maximum atomic E-state index is 13.3. The molecule has 0 saturated heterocycles. The van der Waals surface area contributed by atoms with E-state index in [0.29, 0.717) is 33.8 Å². The lowest BCUT2D eigenvalue weighted by Crippen LogP contribution is -2.50. The van der Waals surface area contributed by atoms with E-state index in [1.54, 1.807) is 6.20 Å². The third-order valence-corrected chi connectivity index (χ3v) is 9.54. The minimum Gasteiger partial charge on any atom is -0.492 e. The second-order valence-electron chi connectivity index (χ2n) is 10.1. The van der Waals surface area contributed by atoms with Crippen molar-refractivity contribution < 1.29 is 14.3 Å². The Labute approximate surface area is 195 Å². The van der Waals surface area contributed by atoms with Gasteiger partial charge < -0.3 is 4.74 Å². The average molecular weight is 452 g/mol. The second kappa shape index (κ2) is 8.66. The van der Waals surface area contributed by atoms with E-state index in [4.69, 9.17) is 4.74 Å². The second-order valence-corrected chi connectivity index (χ2v) is 11.1. The van der Waals surface area contributed by atoms with Gasteiger partial charge >= 0.3 is 0 Å². The number of thioether (sulfide) groups is 1. The van der Waals surface area contributed by atoms with Gasteiger partial charge in [0.1, 0.15) is 5.03 Å². The number of ketones is 2. The van der Waals surface area contributed by atoms with E-state index in [2.05, 4.69) is 32.3 Å². The molecule has 3 aliphatic rings. The van der Waals surface area contributed by atoms with Gasteiger partial charge in [0.15, 0.2) is 11.5 Å². The van der Waals surface area contributed by atoms with Gasteiger partial charge in [0.2, 0.25) is 5.78 Å². The molecule has 0 amide bonds. The number of carbonyl (C=O) groups excluding carboxylic acids is 2. The van der Waals surface area contributed by atoms with Gasteiger partial charge in [-0.3, -0.25) is 9.59 Å². The molecule has 1 aromatic heterocycles. The summed E-state index contributed by atoms with van der Waals surface area (Å²) >= 11 is 1.28. The Hall–Kier alpha value is -2.14. The summed E-state index contributed by atoms with van der Waals surface area (Å²) in [5.74, 6) is 0.672. The molecule has 0 N–H and O–H groups in total. The fraction of sp³-hybridized carbons (Fsp3) is 0.519. The van der Waals surface area contributed by atoms with Crippen LogP contribution >= 0.6 is 11.8 Å². The molecule has 4 atom stereocenters. The van der Waals surface area contributed by atoms with Gasteiger partial charge in [0, 0.05) is 17.8 Å². The number of ether oxygens (including phenoxy) is 1. The van der Waals surface area contributed by atoms with Crippen molar-refractivity contribution in [2.45, 2.75) is 64.3 Å². The van der Waals surface area contributed by atoms with E-state index >= 15 is 0 Å². The summed E-state index contributed by atoms with van der Waals surface area (Å²) in [6, 6.07) is 5.60. The van der Waals surface area contributed by atoms with Crippen LogP contribution in [0.4, 0.5) is 0 Å². The van der Waals surface area contributed by atoms with Crippen LogP contribution in [0.1, 0.15) is 59.3 Å². The summed E-state index contributed by atoms with van der Waals surface area (Å²) in [5.41, 5.74) is 1.98. The van der Waals surface area contributed by atoms with Gasteiger partial charge in [0.25, 0.3) is 0 Å². The summed E-state index contributed by atoms with van der Waals surface area (Å²) in [6.45, 7) is 11.5. The number of allylic oxidation sites excluding steroid dienone is 4. The number of hydrogen-bond acceptors (Lipinski definition) is 5. The normalized spacial score (nSPS) is 33.1. The Morgan fingerprint density at radius 2 is 2.03 bits per heavy atom. The maximum Gasteiger partial charge on any atom is 0.234 e. The Morgan fingerprint density at radius 3 is 2.72 bits per heavy atom. The number of aromatic nitrogens is 1. The largest absolute Gasteiger partial charge is 0.492 e. The lowest BCUT2D eigenvalue weighted by molar-refractivity contribution is -0.118. The number of pyridine rings is 1. The molecule has 2 saturated carbocycles. The highest BCUT2D eigenvalue weighted by atomic mass is 32.2. The monoisotopic (exact) mass is 451 g/mol. The van der Waals surface area contributed by atoms with Crippen LogP contribution in [0.15, 0.2) is 63.9 Å². The molecule has 0 spiro atoms. The molecule has 0 aliphatic heterocycles. The van der Waals surface area contributed by atoms with Crippen LogP contribution in [0.5, 0.6) is 0 Å². The first-order valence-electron chi connectivity index (χ1n) is 11.6. The minimum atomic E-state index is -0.222. The Bertz CT molecular complexity index is 1010. The molecule has 32 heavy (non-hydrogen) atoms. The van der Waals surface area contributed by atoms with Crippen molar-refractivity contribution in [2.75, 3.05) is 7.11 Å². The van der Waals surface area contributed by atoms with Crippen molar-refractivity contribution in [3.63, 3.8) is 0 Å². The molecule has 0 bridgehead atoms. The molecule has 3 aliphatic carbocycles. The molecule has 1 heterocycles. The Balaban J connectivity index is 1.77. The smallest absolute Gasteiger partial charge is 0.234 e.